The van der Waals surface area contributed by atoms with Gasteiger partial charge in [0.15, 0.2) is 0 Å². The Bertz CT molecular complexity index is 610. The lowest BCUT2D eigenvalue weighted by Gasteiger charge is -2.31. The second-order valence-electron chi connectivity index (χ2n) is 5.14. The third kappa shape index (κ3) is 3.92. The molecule has 7 nitrogen and oxygen atoms in total. The van der Waals surface area contributed by atoms with E-state index in [1.807, 2.05) is 30.3 Å². The molecule has 2 N–H and O–H groups in total. The number of carbonyl (C=O) groups is 1. The number of ether oxygens (including phenoxy) is 3. The van der Waals surface area contributed by atoms with Gasteiger partial charge in [-0.1, -0.05) is 30.3 Å². The Morgan fingerprint density at radius 2 is 1.58 bits per heavy atom. The van der Waals surface area contributed by atoms with Gasteiger partial charge in [0.25, 0.3) is 11.9 Å². The van der Waals surface area contributed by atoms with E-state index in [9.17, 15) is 15.0 Å². The minimum atomic E-state index is -0.726. The maximum atomic E-state index is 12.5. The van der Waals surface area contributed by atoms with Crippen molar-refractivity contribution in [3.63, 3.8) is 0 Å². The van der Waals surface area contributed by atoms with Crippen molar-refractivity contribution in [3.05, 3.63) is 59.2 Å². The number of carbonyl (C=O) groups excluding carboxylic acids is 1. The monoisotopic (exact) mass is 335 g/mol. The molecule has 130 valence electrons. The molecule has 24 heavy (non-hydrogen) atoms. The second-order valence-corrected chi connectivity index (χ2v) is 5.14. The highest BCUT2D eigenvalue weighted by atomic mass is 16.6. The fourth-order valence-electron chi connectivity index (χ4n) is 2.45. The lowest BCUT2D eigenvalue weighted by molar-refractivity contribution is 0.0761. The first-order valence-corrected chi connectivity index (χ1v) is 7.51. The van der Waals surface area contributed by atoms with Crippen LogP contribution >= 0.6 is 0 Å². The van der Waals surface area contributed by atoms with E-state index in [2.05, 4.69) is 0 Å². The van der Waals surface area contributed by atoms with Crippen LogP contribution in [0, 0.1) is 0 Å². The zero-order valence-electron chi connectivity index (χ0n) is 13.7. The molecule has 1 aromatic carbocycles. The number of rotatable bonds is 4. The highest BCUT2D eigenvalue weighted by Gasteiger charge is 2.33. The summed E-state index contributed by atoms with van der Waals surface area (Å²) in [5, 5.41) is 19.8. The second kappa shape index (κ2) is 8.14. The van der Waals surface area contributed by atoms with Gasteiger partial charge in [-0.05, 0) is 24.8 Å². The summed E-state index contributed by atoms with van der Waals surface area (Å²) in [4.78, 5) is 13.6. The number of nitrogens with zero attached hydrogens (tertiary/aromatic N) is 1. The lowest BCUT2D eigenvalue weighted by atomic mass is 10.0. The summed E-state index contributed by atoms with van der Waals surface area (Å²) in [7, 11) is 2.59. The quantitative estimate of drug-likeness (QED) is 0.818. The fraction of sp³-hybridized carbons (Fsp3) is 0.353. The van der Waals surface area contributed by atoms with Crippen LogP contribution < -0.4 is 0 Å². The largest absolute Gasteiger partial charge is 0.480 e. The van der Waals surface area contributed by atoms with E-state index in [0.29, 0.717) is 19.3 Å². The van der Waals surface area contributed by atoms with Crippen molar-refractivity contribution in [1.82, 2.24) is 4.90 Å². The van der Waals surface area contributed by atoms with Crippen LogP contribution in [0.5, 0.6) is 0 Å². The Kier molecular flexibility index (Phi) is 5.95. The van der Waals surface area contributed by atoms with E-state index in [4.69, 9.17) is 14.2 Å². The molecule has 0 aliphatic carbocycles. The molecule has 0 radical (unpaired) electrons. The Morgan fingerprint density at radius 1 is 1.04 bits per heavy atom. The number of methoxy groups -OCH3 is 2. The van der Waals surface area contributed by atoms with Crippen LogP contribution in [0.4, 0.5) is 4.79 Å². The predicted molar refractivity (Wildman–Crippen MR) is 85.6 cm³/mol. The average Bonchev–Trinajstić information content (AvgIpc) is 2.64. The van der Waals surface area contributed by atoms with E-state index >= 15 is 0 Å². The van der Waals surface area contributed by atoms with Gasteiger partial charge in [-0.15, -0.1) is 0 Å². The Labute approximate surface area is 140 Å². The van der Waals surface area contributed by atoms with Crippen LogP contribution in [0.3, 0.4) is 0 Å². The van der Waals surface area contributed by atoms with Crippen LogP contribution in [-0.2, 0) is 20.8 Å². The molecule has 1 fully saturated rings. The molecule has 1 aromatic rings. The summed E-state index contributed by atoms with van der Waals surface area (Å²) in [5.41, 5.74) is 1.27. The number of hydrogen-bond donors (Lipinski definition) is 2. The zero-order valence-corrected chi connectivity index (χ0v) is 13.7. The first-order valence-electron chi connectivity index (χ1n) is 7.51. The van der Waals surface area contributed by atoms with E-state index in [1.165, 1.54) is 14.2 Å². The van der Waals surface area contributed by atoms with Gasteiger partial charge in [0.05, 0.1) is 14.2 Å². The normalized spacial score (nSPS) is 18.7. The molecule has 7 heteroatoms. The highest BCUT2D eigenvalue weighted by Crippen LogP contribution is 2.33. The molecule has 1 aliphatic rings. The average molecular weight is 335 g/mol. The Hall–Kier alpha value is -2.83. The molecule has 0 unspecified atom stereocenters. The zero-order chi connectivity index (χ0) is 17.5. The van der Waals surface area contributed by atoms with Gasteiger partial charge < -0.3 is 24.4 Å². The molecular weight excluding hydrogens is 314 g/mol. The minimum absolute atomic E-state index is 0.0677. The number of allylic oxidation sites excluding steroid dienone is 2. The smallest absolute Gasteiger partial charge is 0.419 e. The molecule has 0 atom stereocenters. The fourth-order valence-corrected chi connectivity index (χ4v) is 2.45. The first-order chi connectivity index (χ1) is 11.6. The van der Waals surface area contributed by atoms with Crippen molar-refractivity contribution < 1.29 is 29.2 Å². The number of piperidine rings is 1. The van der Waals surface area contributed by atoms with Crippen LogP contribution in [0.1, 0.15) is 24.8 Å². The number of amides is 1. The summed E-state index contributed by atoms with van der Waals surface area (Å²) in [6.45, 7) is 0.0677. The summed E-state index contributed by atoms with van der Waals surface area (Å²) >= 11 is 0. The van der Waals surface area contributed by atoms with E-state index in [0.717, 1.165) is 10.5 Å². The molecular formula is C17H21NO6. The Balaban J connectivity index is 2.26. The van der Waals surface area contributed by atoms with Gasteiger partial charge in [-0.25, -0.2) is 9.69 Å². The number of aliphatic hydroxyl groups excluding tert-OH is 2. The van der Waals surface area contributed by atoms with Crippen molar-refractivity contribution in [1.29, 1.82) is 0 Å². The molecule has 0 aromatic heterocycles. The van der Waals surface area contributed by atoms with Crippen molar-refractivity contribution >= 4 is 6.09 Å². The summed E-state index contributed by atoms with van der Waals surface area (Å²) in [6, 6.07) is 9.21. The molecule has 1 amide bonds. The van der Waals surface area contributed by atoms with Crippen LogP contribution in [0.2, 0.25) is 0 Å². The number of aliphatic hydroxyl groups is 2. The maximum absolute atomic E-state index is 12.5. The molecule has 1 aliphatic heterocycles. The summed E-state index contributed by atoms with van der Waals surface area (Å²) < 4.78 is 15.0. The van der Waals surface area contributed by atoms with Crippen molar-refractivity contribution in [2.75, 3.05) is 14.2 Å². The van der Waals surface area contributed by atoms with Gasteiger partial charge in [0.1, 0.15) is 18.0 Å². The van der Waals surface area contributed by atoms with Crippen molar-refractivity contribution in [3.8, 4) is 0 Å². The molecule has 2 rings (SSSR count). The third-order valence-electron chi connectivity index (χ3n) is 3.64. The van der Waals surface area contributed by atoms with Gasteiger partial charge in [0, 0.05) is 0 Å². The number of benzene rings is 1. The minimum Gasteiger partial charge on any atom is -0.480 e. The van der Waals surface area contributed by atoms with E-state index < -0.39 is 18.0 Å². The molecule has 1 heterocycles. The third-order valence-corrected chi connectivity index (χ3v) is 3.64. The topological polar surface area (TPSA) is 88.5 Å². The predicted octanol–water partition coefficient (Wildman–Crippen LogP) is 3.56. The lowest BCUT2D eigenvalue weighted by Crippen LogP contribution is -2.35. The SMILES string of the molecule is CO/C(O)=C1\CCC/C(=C(/O)OC)N1C(=O)OCc1ccccc1. The summed E-state index contributed by atoms with van der Waals surface area (Å²) in [6.07, 6.45) is 0.700. The summed E-state index contributed by atoms with van der Waals surface area (Å²) in [5.74, 6) is -0.791. The number of hydrogen-bond acceptors (Lipinski definition) is 6. The number of likely N-dealkylation sites (tertiary alicyclic amines) is 1. The maximum Gasteiger partial charge on any atom is 0.419 e. The first kappa shape index (κ1) is 17.5. The van der Waals surface area contributed by atoms with E-state index in [1.54, 1.807) is 0 Å². The molecule has 0 spiro atoms. The van der Waals surface area contributed by atoms with Crippen molar-refractivity contribution in [2.24, 2.45) is 0 Å². The molecule has 1 saturated heterocycles. The highest BCUT2D eigenvalue weighted by molar-refractivity contribution is 5.73. The molecule has 0 bridgehead atoms. The molecule has 0 saturated carbocycles. The van der Waals surface area contributed by atoms with Crippen LogP contribution in [0.25, 0.3) is 0 Å². The van der Waals surface area contributed by atoms with Gasteiger partial charge in [-0.3, -0.25) is 0 Å². The van der Waals surface area contributed by atoms with Crippen LogP contribution in [-0.4, -0.2) is 35.4 Å². The standard InChI is InChI=1S/C17H21NO6/c1-22-15(19)13-9-6-10-14(16(20)23-2)18(13)17(21)24-11-12-7-4-3-5-8-12/h3-5,7-8,19-20H,6,9-11H2,1-2H3/b15-13+,16-14+. The van der Waals surface area contributed by atoms with Gasteiger partial charge >= 0.3 is 6.09 Å². The van der Waals surface area contributed by atoms with Gasteiger partial charge in [0.2, 0.25) is 0 Å². The van der Waals surface area contributed by atoms with Crippen molar-refractivity contribution in [2.45, 2.75) is 25.9 Å². The van der Waals surface area contributed by atoms with Gasteiger partial charge in [-0.2, -0.15) is 0 Å². The van der Waals surface area contributed by atoms with E-state index in [-0.39, 0.29) is 18.0 Å². The van der Waals surface area contributed by atoms with Crippen LogP contribution in [0.15, 0.2) is 53.6 Å². The Morgan fingerprint density at radius 3 is 2.08 bits per heavy atom.